The van der Waals surface area contributed by atoms with Crippen LogP contribution in [0.3, 0.4) is 0 Å². The standard InChI is InChI=1S/C18H20ClNO2/c19-16-3-1-2-13-14(16)4-5-15(13)17(21)22-12-18-6-9-20(10-7-18)11-8-18/h1-3,5H,4,6-12H2. The quantitative estimate of drug-likeness (QED) is 0.801. The van der Waals surface area contributed by atoms with Crippen LogP contribution in [0, 0.1) is 5.41 Å². The summed E-state index contributed by atoms with van der Waals surface area (Å²) in [6.45, 7) is 4.02. The molecule has 3 nitrogen and oxygen atoms in total. The van der Waals surface area contributed by atoms with E-state index in [9.17, 15) is 4.79 Å². The van der Waals surface area contributed by atoms with Crippen molar-refractivity contribution in [1.29, 1.82) is 0 Å². The predicted molar refractivity (Wildman–Crippen MR) is 86.8 cm³/mol. The summed E-state index contributed by atoms with van der Waals surface area (Å²) in [4.78, 5) is 15.0. The Morgan fingerprint density at radius 3 is 2.68 bits per heavy atom. The number of halogens is 1. The van der Waals surface area contributed by atoms with Crippen molar-refractivity contribution in [2.24, 2.45) is 5.41 Å². The number of esters is 1. The van der Waals surface area contributed by atoms with Gasteiger partial charge in [0.1, 0.15) is 0 Å². The van der Waals surface area contributed by atoms with E-state index in [1.54, 1.807) is 0 Å². The summed E-state index contributed by atoms with van der Waals surface area (Å²) in [7, 11) is 0. The highest BCUT2D eigenvalue weighted by Crippen LogP contribution is 2.41. The molecule has 0 N–H and O–H groups in total. The zero-order chi connectivity index (χ0) is 15.2. The molecule has 0 spiro atoms. The molecule has 4 heteroatoms. The minimum atomic E-state index is -0.191. The lowest BCUT2D eigenvalue weighted by atomic mass is 9.73. The molecular formula is C18H20ClNO2. The van der Waals surface area contributed by atoms with Gasteiger partial charge in [0, 0.05) is 10.4 Å². The summed E-state index contributed by atoms with van der Waals surface area (Å²) < 4.78 is 5.71. The Kier molecular flexibility index (Phi) is 3.50. The van der Waals surface area contributed by atoms with Crippen LogP contribution in [-0.2, 0) is 16.0 Å². The van der Waals surface area contributed by atoms with Gasteiger partial charge in [0.05, 0.1) is 12.2 Å². The predicted octanol–water partition coefficient (Wildman–Crippen LogP) is 3.31. The normalized spacial score (nSPS) is 29.1. The molecule has 1 aromatic carbocycles. The van der Waals surface area contributed by atoms with Gasteiger partial charge in [-0.2, -0.15) is 0 Å². The number of rotatable bonds is 3. The van der Waals surface area contributed by atoms with Crippen LogP contribution < -0.4 is 0 Å². The Hall–Kier alpha value is -1.32. The van der Waals surface area contributed by atoms with Crippen molar-refractivity contribution in [3.8, 4) is 0 Å². The molecule has 1 aliphatic carbocycles. The topological polar surface area (TPSA) is 29.5 Å². The van der Waals surface area contributed by atoms with Gasteiger partial charge in [-0.1, -0.05) is 29.8 Å². The van der Waals surface area contributed by atoms with E-state index in [-0.39, 0.29) is 11.4 Å². The van der Waals surface area contributed by atoms with E-state index < -0.39 is 0 Å². The number of carbonyl (C=O) groups excluding carboxylic acids is 1. The first-order valence-corrected chi connectivity index (χ1v) is 8.42. The molecule has 3 fully saturated rings. The fraction of sp³-hybridized carbons (Fsp3) is 0.500. The second kappa shape index (κ2) is 5.39. The minimum Gasteiger partial charge on any atom is -0.461 e. The number of piperidine rings is 3. The van der Waals surface area contributed by atoms with Crippen LogP contribution in [0.4, 0.5) is 0 Å². The van der Waals surface area contributed by atoms with E-state index >= 15 is 0 Å². The van der Waals surface area contributed by atoms with Crippen LogP contribution in [-0.4, -0.2) is 37.1 Å². The lowest BCUT2D eigenvalue weighted by Crippen LogP contribution is -2.50. The number of fused-ring (bicyclic) bond motifs is 4. The van der Waals surface area contributed by atoms with E-state index in [0.717, 1.165) is 61.5 Å². The minimum absolute atomic E-state index is 0.191. The summed E-state index contributed by atoms with van der Waals surface area (Å²) in [6, 6.07) is 5.72. The SMILES string of the molecule is O=C(OCC12CCN(CC1)CC2)C1=CCc2c(Cl)cccc21. The molecule has 0 atom stereocenters. The highest BCUT2D eigenvalue weighted by molar-refractivity contribution is 6.32. The zero-order valence-corrected chi connectivity index (χ0v) is 13.4. The molecule has 4 aliphatic rings. The first kappa shape index (κ1) is 14.3. The van der Waals surface area contributed by atoms with E-state index in [1.165, 1.54) is 0 Å². The molecular weight excluding hydrogens is 298 g/mol. The largest absolute Gasteiger partial charge is 0.461 e. The van der Waals surface area contributed by atoms with E-state index in [0.29, 0.717) is 12.2 Å². The van der Waals surface area contributed by atoms with Crippen LogP contribution in [0.5, 0.6) is 0 Å². The van der Waals surface area contributed by atoms with Crippen LogP contribution in [0.2, 0.25) is 5.02 Å². The van der Waals surface area contributed by atoms with Gasteiger partial charge in [0.25, 0.3) is 0 Å². The second-order valence-electron chi connectivity index (χ2n) is 6.76. The molecule has 5 rings (SSSR count). The van der Waals surface area contributed by atoms with Gasteiger partial charge < -0.3 is 9.64 Å². The monoisotopic (exact) mass is 317 g/mol. The summed E-state index contributed by atoms with van der Waals surface area (Å²) in [5.74, 6) is -0.191. The smallest absolute Gasteiger partial charge is 0.338 e. The highest BCUT2D eigenvalue weighted by Gasteiger charge is 2.40. The number of hydrogen-bond acceptors (Lipinski definition) is 3. The summed E-state index contributed by atoms with van der Waals surface area (Å²) >= 11 is 6.20. The first-order valence-electron chi connectivity index (χ1n) is 8.04. The molecule has 0 amide bonds. The first-order chi connectivity index (χ1) is 10.7. The lowest BCUT2D eigenvalue weighted by Gasteiger charge is -2.47. The van der Waals surface area contributed by atoms with Crippen molar-refractivity contribution in [1.82, 2.24) is 4.90 Å². The number of benzene rings is 1. The van der Waals surface area contributed by atoms with E-state index in [4.69, 9.17) is 16.3 Å². The molecule has 3 heterocycles. The third kappa shape index (κ3) is 2.37. The van der Waals surface area contributed by atoms with Crippen molar-refractivity contribution in [3.63, 3.8) is 0 Å². The molecule has 3 saturated heterocycles. The number of ether oxygens (including phenoxy) is 1. The van der Waals surface area contributed by atoms with Crippen molar-refractivity contribution in [2.45, 2.75) is 25.7 Å². The molecule has 0 saturated carbocycles. The van der Waals surface area contributed by atoms with Gasteiger partial charge in [-0.25, -0.2) is 4.79 Å². The Balaban J connectivity index is 1.45. The van der Waals surface area contributed by atoms with Crippen molar-refractivity contribution in [3.05, 3.63) is 40.4 Å². The zero-order valence-electron chi connectivity index (χ0n) is 12.6. The lowest BCUT2D eigenvalue weighted by molar-refractivity contribution is -0.143. The molecule has 22 heavy (non-hydrogen) atoms. The maximum Gasteiger partial charge on any atom is 0.338 e. The number of carbonyl (C=O) groups is 1. The summed E-state index contributed by atoms with van der Waals surface area (Å²) in [5.41, 5.74) is 2.89. The molecule has 0 radical (unpaired) electrons. The molecule has 0 unspecified atom stereocenters. The second-order valence-corrected chi connectivity index (χ2v) is 7.16. The third-order valence-electron chi connectivity index (χ3n) is 5.52. The molecule has 3 aliphatic heterocycles. The van der Waals surface area contributed by atoms with Crippen LogP contribution in [0.1, 0.15) is 30.4 Å². The van der Waals surface area contributed by atoms with Crippen molar-refractivity contribution < 1.29 is 9.53 Å². The Morgan fingerprint density at radius 2 is 1.95 bits per heavy atom. The van der Waals surface area contributed by atoms with E-state index in [2.05, 4.69) is 4.90 Å². The fourth-order valence-corrected chi connectivity index (χ4v) is 4.19. The van der Waals surface area contributed by atoms with Gasteiger partial charge in [0.2, 0.25) is 0 Å². The van der Waals surface area contributed by atoms with Crippen LogP contribution in [0.25, 0.3) is 5.57 Å². The summed E-state index contributed by atoms with van der Waals surface area (Å²) in [6.07, 6.45) is 6.13. The maximum absolute atomic E-state index is 12.5. The van der Waals surface area contributed by atoms with Crippen molar-refractivity contribution >= 4 is 23.1 Å². The maximum atomic E-state index is 12.5. The van der Waals surface area contributed by atoms with Gasteiger partial charge >= 0.3 is 5.97 Å². The summed E-state index contributed by atoms with van der Waals surface area (Å²) in [5, 5.41) is 0.731. The van der Waals surface area contributed by atoms with Crippen LogP contribution >= 0.6 is 11.6 Å². The molecule has 1 aromatic rings. The Bertz CT molecular complexity index is 631. The number of hydrogen-bond donors (Lipinski definition) is 0. The van der Waals surface area contributed by atoms with E-state index in [1.807, 2.05) is 24.3 Å². The average Bonchev–Trinajstić information content (AvgIpc) is 3.00. The fourth-order valence-electron chi connectivity index (χ4n) is 3.93. The Morgan fingerprint density at radius 1 is 1.23 bits per heavy atom. The Labute approximate surface area is 135 Å². The van der Waals surface area contributed by atoms with Gasteiger partial charge in [0.15, 0.2) is 0 Å². The third-order valence-corrected chi connectivity index (χ3v) is 5.88. The number of nitrogens with zero attached hydrogens (tertiary/aromatic N) is 1. The van der Waals surface area contributed by atoms with Gasteiger partial charge in [-0.3, -0.25) is 0 Å². The van der Waals surface area contributed by atoms with Crippen LogP contribution in [0.15, 0.2) is 24.3 Å². The number of allylic oxidation sites excluding steroid dienone is 1. The average molecular weight is 318 g/mol. The van der Waals surface area contributed by atoms with Gasteiger partial charge in [-0.15, -0.1) is 0 Å². The molecule has 2 bridgehead atoms. The van der Waals surface area contributed by atoms with Crippen molar-refractivity contribution in [2.75, 3.05) is 26.2 Å². The molecule has 0 aromatic heterocycles. The van der Waals surface area contributed by atoms with Gasteiger partial charge in [-0.05, 0) is 62.5 Å². The molecule has 116 valence electrons. The highest BCUT2D eigenvalue weighted by atomic mass is 35.5.